The van der Waals surface area contributed by atoms with E-state index in [0.29, 0.717) is 18.8 Å². The average Bonchev–Trinajstić information content (AvgIpc) is 3.26. The highest BCUT2D eigenvalue weighted by Gasteiger charge is 2.13. The molecule has 2 aromatic heterocycles. The van der Waals surface area contributed by atoms with Gasteiger partial charge in [0.05, 0.1) is 19.1 Å². The van der Waals surface area contributed by atoms with Gasteiger partial charge in [-0.15, -0.1) is 0 Å². The minimum atomic E-state index is -0.0957. The molecule has 0 bridgehead atoms. The van der Waals surface area contributed by atoms with Crippen LogP contribution >= 0.6 is 0 Å². The Hall–Kier alpha value is -3.01. The molecule has 2 heterocycles. The molecule has 4 heteroatoms. The smallest absolute Gasteiger partial charge is 0.247 e. The molecule has 1 aromatic carbocycles. The molecule has 0 aliphatic rings. The number of benzene rings is 1. The van der Waals surface area contributed by atoms with E-state index in [0.717, 1.165) is 11.3 Å². The van der Waals surface area contributed by atoms with Gasteiger partial charge < -0.3 is 13.7 Å². The third-order valence-electron chi connectivity index (χ3n) is 3.39. The second-order valence-electron chi connectivity index (χ2n) is 5.11. The molecule has 0 saturated carbocycles. The van der Waals surface area contributed by atoms with Crippen molar-refractivity contribution in [3.63, 3.8) is 0 Å². The van der Waals surface area contributed by atoms with Crippen molar-refractivity contribution in [2.45, 2.75) is 13.1 Å². The summed E-state index contributed by atoms with van der Waals surface area (Å²) in [7, 11) is 0. The lowest BCUT2D eigenvalue weighted by atomic mass is 10.2. The Morgan fingerprint density at radius 3 is 2.39 bits per heavy atom. The summed E-state index contributed by atoms with van der Waals surface area (Å²) in [6, 6.07) is 17.1. The predicted molar refractivity (Wildman–Crippen MR) is 87.1 cm³/mol. The summed E-state index contributed by atoms with van der Waals surface area (Å²) in [5.74, 6) is 1.30. The van der Waals surface area contributed by atoms with E-state index in [9.17, 15) is 4.79 Å². The van der Waals surface area contributed by atoms with Gasteiger partial charge in [-0.25, -0.2) is 0 Å². The van der Waals surface area contributed by atoms with E-state index >= 15 is 0 Å². The summed E-state index contributed by atoms with van der Waals surface area (Å²) in [4.78, 5) is 14.3. The van der Waals surface area contributed by atoms with Gasteiger partial charge in [0.2, 0.25) is 5.91 Å². The molecule has 0 atom stereocenters. The monoisotopic (exact) mass is 307 g/mol. The zero-order valence-corrected chi connectivity index (χ0v) is 12.6. The van der Waals surface area contributed by atoms with Gasteiger partial charge >= 0.3 is 0 Å². The number of carbonyl (C=O) groups excluding carboxylic acids is 1. The Labute approximate surface area is 134 Å². The molecule has 0 radical (unpaired) electrons. The number of hydrogen-bond donors (Lipinski definition) is 0. The first-order valence-electron chi connectivity index (χ1n) is 7.38. The molecule has 3 aromatic rings. The lowest BCUT2D eigenvalue weighted by Crippen LogP contribution is -2.28. The van der Waals surface area contributed by atoms with Crippen molar-refractivity contribution in [2.75, 3.05) is 0 Å². The minimum Gasteiger partial charge on any atom is -0.467 e. The fourth-order valence-electron chi connectivity index (χ4n) is 2.25. The van der Waals surface area contributed by atoms with Crippen molar-refractivity contribution < 1.29 is 13.6 Å². The van der Waals surface area contributed by atoms with Gasteiger partial charge in [-0.05, 0) is 35.9 Å². The molecular weight excluding hydrogens is 290 g/mol. The highest BCUT2D eigenvalue weighted by atomic mass is 16.3. The van der Waals surface area contributed by atoms with Crippen LogP contribution in [0.15, 0.2) is 82.0 Å². The number of amides is 1. The van der Waals surface area contributed by atoms with Gasteiger partial charge in [0.1, 0.15) is 11.5 Å². The number of rotatable bonds is 6. The van der Waals surface area contributed by atoms with E-state index in [-0.39, 0.29) is 5.91 Å². The molecule has 0 aliphatic heterocycles. The van der Waals surface area contributed by atoms with Crippen molar-refractivity contribution in [1.82, 2.24) is 4.90 Å². The molecule has 0 fully saturated rings. The van der Waals surface area contributed by atoms with Crippen molar-refractivity contribution in [1.29, 1.82) is 0 Å². The summed E-state index contributed by atoms with van der Waals surface area (Å²) in [6.45, 7) is 0.937. The van der Waals surface area contributed by atoms with E-state index in [4.69, 9.17) is 8.83 Å². The normalized spacial score (nSPS) is 11.0. The van der Waals surface area contributed by atoms with Crippen LogP contribution in [0.25, 0.3) is 6.08 Å². The predicted octanol–water partition coefficient (Wildman–Crippen LogP) is 4.11. The number of hydrogen-bond acceptors (Lipinski definition) is 3. The van der Waals surface area contributed by atoms with Gasteiger partial charge in [0, 0.05) is 12.6 Å². The van der Waals surface area contributed by atoms with E-state index in [1.807, 2.05) is 42.5 Å². The summed E-state index contributed by atoms with van der Waals surface area (Å²) < 4.78 is 10.6. The van der Waals surface area contributed by atoms with Crippen molar-refractivity contribution in [2.24, 2.45) is 0 Å². The molecule has 0 N–H and O–H groups in total. The van der Waals surface area contributed by atoms with Crippen LogP contribution in [0.5, 0.6) is 0 Å². The Balaban J connectivity index is 1.74. The summed E-state index contributed by atoms with van der Waals surface area (Å²) in [6.07, 6.45) is 6.38. The minimum absolute atomic E-state index is 0.0957. The summed E-state index contributed by atoms with van der Waals surface area (Å²) in [5.41, 5.74) is 1.07. The highest BCUT2D eigenvalue weighted by molar-refractivity contribution is 5.91. The standard InChI is InChI=1S/C19H17NO3/c21-19(11-10-17-8-4-12-22-17)20(15-18-9-5-13-23-18)14-16-6-2-1-3-7-16/h1-13H,14-15H2/b11-10+. The zero-order chi connectivity index (χ0) is 15.9. The van der Waals surface area contributed by atoms with Crippen molar-refractivity contribution in [3.05, 3.63) is 90.3 Å². The maximum atomic E-state index is 12.5. The number of nitrogens with zero attached hydrogens (tertiary/aromatic N) is 1. The van der Waals surface area contributed by atoms with Gasteiger partial charge in [0.15, 0.2) is 0 Å². The fraction of sp³-hybridized carbons (Fsp3) is 0.105. The molecule has 4 nitrogen and oxygen atoms in total. The molecule has 0 unspecified atom stereocenters. The van der Waals surface area contributed by atoms with Crippen LogP contribution in [-0.2, 0) is 17.9 Å². The van der Waals surface area contributed by atoms with Gasteiger partial charge in [-0.2, -0.15) is 0 Å². The molecular formula is C19H17NO3. The second-order valence-corrected chi connectivity index (χ2v) is 5.11. The van der Waals surface area contributed by atoms with E-state index < -0.39 is 0 Å². The average molecular weight is 307 g/mol. The van der Waals surface area contributed by atoms with Crippen molar-refractivity contribution >= 4 is 12.0 Å². The first-order chi connectivity index (χ1) is 11.3. The number of carbonyl (C=O) groups is 1. The number of furan rings is 2. The lowest BCUT2D eigenvalue weighted by Gasteiger charge is -2.20. The van der Waals surface area contributed by atoms with E-state index in [2.05, 4.69) is 0 Å². The molecule has 1 amide bonds. The molecule has 3 rings (SSSR count). The SMILES string of the molecule is O=C(/C=C/c1ccco1)N(Cc1ccccc1)Cc1ccco1. The zero-order valence-electron chi connectivity index (χ0n) is 12.6. The van der Waals surface area contributed by atoms with Gasteiger partial charge in [0.25, 0.3) is 0 Å². The lowest BCUT2D eigenvalue weighted by molar-refractivity contribution is -0.127. The third-order valence-corrected chi connectivity index (χ3v) is 3.39. The molecule has 0 aliphatic carbocycles. The maximum absolute atomic E-state index is 12.5. The first-order valence-corrected chi connectivity index (χ1v) is 7.38. The van der Waals surface area contributed by atoms with Crippen LogP contribution < -0.4 is 0 Å². The Bertz CT molecular complexity index is 743. The Kier molecular flexibility index (Phi) is 4.74. The van der Waals surface area contributed by atoms with Crippen LogP contribution in [-0.4, -0.2) is 10.8 Å². The fourth-order valence-corrected chi connectivity index (χ4v) is 2.25. The molecule has 0 saturated heterocycles. The summed E-state index contributed by atoms with van der Waals surface area (Å²) >= 11 is 0. The third kappa shape index (κ3) is 4.23. The maximum Gasteiger partial charge on any atom is 0.247 e. The van der Waals surface area contributed by atoms with Crippen LogP contribution in [0.4, 0.5) is 0 Å². The van der Waals surface area contributed by atoms with Gasteiger partial charge in [-0.3, -0.25) is 4.79 Å². The van der Waals surface area contributed by atoms with Crippen LogP contribution in [0.2, 0.25) is 0 Å². The molecule has 23 heavy (non-hydrogen) atoms. The quantitative estimate of drug-likeness (QED) is 0.644. The topological polar surface area (TPSA) is 46.6 Å². The van der Waals surface area contributed by atoms with E-state index in [1.54, 1.807) is 35.6 Å². The Morgan fingerprint density at radius 2 is 1.70 bits per heavy atom. The highest BCUT2D eigenvalue weighted by Crippen LogP contribution is 2.12. The second kappa shape index (κ2) is 7.31. The van der Waals surface area contributed by atoms with Crippen LogP contribution in [0.3, 0.4) is 0 Å². The van der Waals surface area contributed by atoms with Crippen molar-refractivity contribution in [3.8, 4) is 0 Å². The van der Waals surface area contributed by atoms with E-state index in [1.165, 1.54) is 6.08 Å². The summed E-state index contributed by atoms with van der Waals surface area (Å²) in [5, 5.41) is 0. The molecule has 116 valence electrons. The van der Waals surface area contributed by atoms with Gasteiger partial charge in [-0.1, -0.05) is 30.3 Å². The van der Waals surface area contributed by atoms with Crippen LogP contribution in [0.1, 0.15) is 17.1 Å². The molecule has 0 spiro atoms. The van der Waals surface area contributed by atoms with Crippen LogP contribution in [0, 0.1) is 0 Å². The first kappa shape index (κ1) is 14.9. The Morgan fingerprint density at radius 1 is 0.913 bits per heavy atom. The largest absolute Gasteiger partial charge is 0.467 e.